The number of anilines is 1. The summed E-state index contributed by atoms with van der Waals surface area (Å²) in [6, 6.07) is 14.7. The average Bonchev–Trinajstić information content (AvgIpc) is 2.78. The fraction of sp³-hybridized carbons (Fsp3) is 0.333. The molecule has 1 fully saturated rings. The van der Waals surface area contributed by atoms with Crippen LogP contribution in [0, 0.1) is 0 Å². The Morgan fingerprint density at radius 1 is 1.00 bits per heavy atom. The summed E-state index contributed by atoms with van der Waals surface area (Å²) >= 11 is 3.35. The Labute approximate surface area is 185 Å². The molecule has 1 saturated heterocycles. The van der Waals surface area contributed by atoms with Crippen LogP contribution in [0.25, 0.3) is 10.9 Å². The lowest BCUT2D eigenvalue weighted by Gasteiger charge is -2.36. The molecule has 3 aromatic rings. The molecule has 4 rings (SSSR count). The van der Waals surface area contributed by atoms with Crippen molar-refractivity contribution in [2.45, 2.75) is 17.9 Å². The van der Waals surface area contributed by atoms with Gasteiger partial charge in [0.15, 0.2) is 0 Å². The van der Waals surface area contributed by atoms with E-state index in [0.717, 1.165) is 27.0 Å². The van der Waals surface area contributed by atoms with Crippen LogP contribution in [0.2, 0.25) is 0 Å². The van der Waals surface area contributed by atoms with Crippen LogP contribution in [-0.2, 0) is 10.0 Å². The van der Waals surface area contributed by atoms with Gasteiger partial charge in [0.25, 0.3) is 0 Å². The van der Waals surface area contributed by atoms with Gasteiger partial charge in [0, 0.05) is 43.1 Å². The van der Waals surface area contributed by atoms with Gasteiger partial charge in [-0.2, -0.15) is 4.31 Å². The largest absolute Gasteiger partial charge is 0.373 e. The monoisotopic (exact) mass is 489 g/mol. The van der Waals surface area contributed by atoms with Gasteiger partial charge in [-0.15, -0.1) is 0 Å². The quantitative estimate of drug-likeness (QED) is 0.590. The highest BCUT2D eigenvalue weighted by Gasteiger charge is 2.31. The van der Waals surface area contributed by atoms with Gasteiger partial charge in [-0.25, -0.2) is 18.4 Å². The van der Waals surface area contributed by atoms with Crippen molar-refractivity contribution in [1.29, 1.82) is 0 Å². The van der Waals surface area contributed by atoms with E-state index in [1.54, 1.807) is 28.6 Å². The number of piperazine rings is 1. The van der Waals surface area contributed by atoms with Crippen molar-refractivity contribution in [2.75, 3.05) is 38.5 Å². The van der Waals surface area contributed by atoms with Crippen molar-refractivity contribution in [3.05, 3.63) is 58.8 Å². The third-order valence-corrected chi connectivity index (χ3v) is 7.94. The topological polar surface area (TPSA) is 78.4 Å². The van der Waals surface area contributed by atoms with Gasteiger partial charge in [-0.05, 0) is 43.3 Å². The number of fused-ring (bicyclic) bond motifs is 1. The van der Waals surface area contributed by atoms with Gasteiger partial charge < -0.3 is 5.32 Å². The average molecular weight is 490 g/mol. The molecule has 0 radical (unpaired) electrons. The molecular formula is C21H24BrN5O2S. The van der Waals surface area contributed by atoms with Crippen molar-refractivity contribution in [1.82, 2.24) is 19.2 Å². The summed E-state index contributed by atoms with van der Waals surface area (Å²) in [6.45, 7) is 4.21. The number of hydrogen-bond acceptors (Lipinski definition) is 6. The zero-order valence-electron chi connectivity index (χ0n) is 16.9. The van der Waals surface area contributed by atoms with E-state index in [1.165, 1.54) is 0 Å². The molecule has 0 spiro atoms. The molecule has 1 N–H and O–H groups in total. The lowest BCUT2D eigenvalue weighted by molar-refractivity contribution is 0.141. The fourth-order valence-electron chi connectivity index (χ4n) is 3.72. The van der Waals surface area contributed by atoms with E-state index < -0.39 is 10.0 Å². The summed E-state index contributed by atoms with van der Waals surface area (Å²) in [5.74, 6) is 1.54. The number of rotatable bonds is 5. The molecule has 30 heavy (non-hydrogen) atoms. The molecule has 0 aliphatic carbocycles. The number of nitrogens with one attached hydrogen (secondary N) is 1. The second-order valence-corrected chi connectivity index (χ2v) is 10.1. The first-order valence-corrected chi connectivity index (χ1v) is 12.1. The maximum atomic E-state index is 12.9. The molecule has 158 valence electrons. The zero-order valence-corrected chi connectivity index (χ0v) is 19.3. The zero-order chi connectivity index (χ0) is 21.3. The minimum absolute atomic E-state index is 0.0146. The first kappa shape index (κ1) is 21.2. The maximum absolute atomic E-state index is 12.9. The van der Waals surface area contributed by atoms with Gasteiger partial charge >= 0.3 is 0 Å². The summed E-state index contributed by atoms with van der Waals surface area (Å²) in [4.78, 5) is 12.0. The SMILES string of the molecule is CNc1nc(C(C)N2CCN(S(=O)(=O)c3ccc(Br)cc3)CC2)nc2ccccc12. The third kappa shape index (κ3) is 4.07. The lowest BCUT2D eigenvalue weighted by Crippen LogP contribution is -2.49. The van der Waals surface area contributed by atoms with Gasteiger partial charge in [0.05, 0.1) is 16.5 Å². The third-order valence-electron chi connectivity index (χ3n) is 5.50. The molecule has 1 aliphatic rings. The molecule has 1 aliphatic heterocycles. The number of nitrogens with zero attached hydrogens (tertiary/aromatic N) is 4. The molecule has 9 heteroatoms. The Hall–Kier alpha value is -2.07. The van der Waals surface area contributed by atoms with Crippen LogP contribution in [0.3, 0.4) is 0 Å². The van der Waals surface area contributed by atoms with Crippen LogP contribution in [0.5, 0.6) is 0 Å². The minimum Gasteiger partial charge on any atom is -0.373 e. The second kappa shape index (κ2) is 8.58. The highest BCUT2D eigenvalue weighted by molar-refractivity contribution is 9.10. The van der Waals surface area contributed by atoms with E-state index in [1.807, 2.05) is 31.3 Å². The maximum Gasteiger partial charge on any atom is 0.243 e. The van der Waals surface area contributed by atoms with E-state index in [-0.39, 0.29) is 6.04 Å². The summed E-state index contributed by atoms with van der Waals surface area (Å²) < 4.78 is 28.3. The summed E-state index contributed by atoms with van der Waals surface area (Å²) in [7, 11) is -1.63. The Morgan fingerprint density at radius 2 is 1.67 bits per heavy atom. The predicted octanol–water partition coefficient (Wildman–Crippen LogP) is 3.50. The first-order chi connectivity index (χ1) is 14.4. The van der Waals surface area contributed by atoms with Crippen molar-refractivity contribution in [3.63, 3.8) is 0 Å². The highest BCUT2D eigenvalue weighted by atomic mass is 79.9. The molecular weight excluding hydrogens is 466 g/mol. The molecule has 0 saturated carbocycles. The van der Waals surface area contributed by atoms with Gasteiger partial charge in [-0.3, -0.25) is 4.90 Å². The van der Waals surface area contributed by atoms with E-state index in [0.29, 0.717) is 31.1 Å². The van der Waals surface area contributed by atoms with Crippen LogP contribution >= 0.6 is 15.9 Å². The number of halogens is 1. The Balaban J connectivity index is 1.50. The van der Waals surface area contributed by atoms with Crippen LogP contribution in [0.15, 0.2) is 57.9 Å². The van der Waals surface area contributed by atoms with Crippen LogP contribution < -0.4 is 5.32 Å². The molecule has 1 aromatic heterocycles. The number of benzene rings is 2. The second-order valence-electron chi connectivity index (χ2n) is 7.27. The minimum atomic E-state index is -3.49. The van der Waals surface area contributed by atoms with E-state index in [2.05, 4.69) is 33.1 Å². The van der Waals surface area contributed by atoms with E-state index in [9.17, 15) is 8.42 Å². The Morgan fingerprint density at radius 3 is 2.33 bits per heavy atom. The van der Waals surface area contributed by atoms with Crippen LogP contribution in [0.1, 0.15) is 18.8 Å². The smallest absolute Gasteiger partial charge is 0.243 e. The number of sulfonamides is 1. The van der Waals surface area contributed by atoms with Crippen molar-refractivity contribution >= 4 is 42.7 Å². The number of aromatic nitrogens is 2. The van der Waals surface area contributed by atoms with Crippen LogP contribution in [0.4, 0.5) is 5.82 Å². The fourth-order valence-corrected chi connectivity index (χ4v) is 5.41. The number of para-hydroxylation sites is 1. The summed E-state index contributed by atoms with van der Waals surface area (Å²) in [5, 5.41) is 4.14. The normalized spacial score (nSPS) is 17.2. The van der Waals surface area contributed by atoms with E-state index >= 15 is 0 Å². The Bertz CT molecular complexity index is 1150. The van der Waals surface area contributed by atoms with Crippen molar-refractivity contribution in [3.8, 4) is 0 Å². The predicted molar refractivity (Wildman–Crippen MR) is 122 cm³/mol. The van der Waals surface area contributed by atoms with E-state index in [4.69, 9.17) is 9.97 Å². The molecule has 1 unspecified atom stereocenters. The van der Waals surface area contributed by atoms with Gasteiger partial charge in [0.2, 0.25) is 10.0 Å². The number of hydrogen-bond donors (Lipinski definition) is 1. The Kier molecular flexibility index (Phi) is 6.06. The van der Waals surface area contributed by atoms with Crippen molar-refractivity contribution < 1.29 is 8.42 Å². The standard InChI is InChI=1S/C21H24BrN5O2S/c1-15(20-24-19-6-4-3-5-18(19)21(23-2)25-20)26-11-13-27(14-12-26)30(28,29)17-9-7-16(22)8-10-17/h3-10,15H,11-14H2,1-2H3,(H,23,24,25). The van der Waals surface area contributed by atoms with Crippen LogP contribution in [-0.4, -0.2) is 60.8 Å². The molecule has 0 bridgehead atoms. The first-order valence-electron chi connectivity index (χ1n) is 9.84. The van der Waals surface area contributed by atoms with Crippen molar-refractivity contribution in [2.24, 2.45) is 0 Å². The molecule has 7 nitrogen and oxygen atoms in total. The highest BCUT2D eigenvalue weighted by Crippen LogP contribution is 2.26. The molecule has 2 heterocycles. The van der Waals surface area contributed by atoms with Gasteiger partial charge in [-0.1, -0.05) is 28.1 Å². The molecule has 0 amide bonds. The summed E-state index contributed by atoms with van der Waals surface area (Å²) in [6.07, 6.45) is 0. The van der Waals surface area contributed by atoms with Gasteiger partial charge in [0.1, 0.15) is 11.6 Å². The summed E-state index contributed by atoms with van der Waals surface area (Å²) in [5.41, 5.74) is 0.898. The molecule has 2 aromatic carbocycles. The lowest BCUT2D eigenvalue weighted by atomic mass is 10.2. The molecule has 1 atom stereocenters.